The third kappa shape index (κ3) is 3.80. The first-order chi connectivity index (χ1) is 7.07. The van der Waals surface area contributed by atoms with E-state index in [0.29, 0.717) is 32.6 Å². The molecule has 0 aromatic carbocycles. The molecule has 1 amide bonds. The molecule has 1 heterocycles. The van der Waals surface area contributed by atoms with Crippen LogP contribution >= 0.6 is 0 Å². The number of rotatable bonds is 4. The number of ether oxygens (including phenoxy) is 1. The number of carbonyl (C=O) groups excluding carboxylic acids is 1. The van der Waals surface area contributed by atoms with Crippen LogP contribution < -0.4 is 5.32 Å². The first-order valence-corrected chi connectivity index (χ1v) is 5.65. The third-order valence-electron chi connectivity index (χ3n) is 3.08. The maximum Gasteiger partial charge on any atom is 0.222 e. The Morgan fingerprint density at radius 1 is 1.53 bits per heavy atom. The summed E-state index contributed by atoms with van der Waals surface area (Å²) in [6.45, 7) is 5.38. The van der Waals surface area contributed by atoms with Gasteiger partial charge in [-0.05, 0) is 6.42 Å². The second-order valence-corrected chi connectivity index (χ2v) is 4.36. The first kappa shape index (κ1) is 12.5. The number of nitrogens with one attached hydrogen (secondary N) is 1. The lowest BCUT2D eigenvalue weighted by Gasteiger charge is -2.32. The van der Waals surface area contributed by atoms with Gasteiger partial charge >= 0.3 is 0 Å². The summed E-state index contributed by atoms with van der Waals surface area (Å²) in [4.78, 5) is 11.5. The fourth-order valence-corrected chi connectivity index (χ4v) is 1.54. The molecule has 0 spiro atoms. The molecule has 1 rings (SSSR count). The third-order valence-corrected chi connectivity index (χ3v) is 3.08. The standard InChI is InChI=1S/C11H21NO3/c1-3-9(2)10(13)12-8-11(14)4-6-15-7-5-11/h9,14H,3-8H2,1-2H3,(H,12,13). The largest absolute Gasteiger partial charge is 0.388 e. The van der Waals surface area contributed by atoms with Crippen molar-refractivity contribution in [2.75, 3.05) is 19.8 Å². The molecule has 4 nitrogen and oxygen atoms in total. The van der Waals surface area contributed by atoms with Gasteiger partial charge in [0.2, 0.25) is 5.91 Å². The van der Waals surface area contributed by atoms with Crippen molar-refractivity contribution in [1.29, 1.82) is 0 Å². The molecule has 0 aromatic heterocycles. The average molecular weight is 215 g/mol. The van der Waals surface area contributed by atoms with Crippen LogP contribution in [0.2, 0.25) is 0 Å². The summed E-state index contributed by atoms with van der Waals surface area (Å²) < 4.78 is 5.17. The molecule has 1 saturated heterocycles. The van der Waals surface area contributed by atoms with E-state index in [9.17, 15) is 9.90 Å². The Hall–Kier alpha value is -0.610. The lowest BCUT2D eigenvalue weighted by Crippen LogP contribution is -2.47. The summed E-state index contributed by atoms with van der Waals surface area (Å²) in [5.41, 5.74) is -0.763. The zero-order valence-corrected chi connectivity index (χ0v) is 9.58. The lowest BCUT2D eigenvalue weighted by atomic mass is 9.94. The van der Waals surface area contributed by atoms with Crippen molar-refractivity contribution < 1.29 is 14.6 Å². The molecule has 0 aromatic rings. The van der Waals surface area contributed by atoms with Crippen molar-refractivity contribution in [3.8, 4) is 0 Å². The molecule has 1 aliphatic heterocycles. The Morgan fingerprint density at radius 3 is 2.67 bits per heavy atom. The summed E-state index contributed by atoms with van der Waals surface area (Å²) in [5, 5.41) is 12.9. The van der Waals surface area contributed by atoms with E-state index >= 15 is 0 Å². The topological polar surface area (TPSA) is 58.6 Å². The van der Waals surface area contributed by atoms with Crippen LogP contribution in [0.15, 0.2) is 0 Å². The van der Waals surface area contributed by atoms with E-state index in [-0.39, 0.29) is 11.8 Å². The van der Waals surface area contributed by atoms with E-state index in [1.54, 1.807) is 0 Å². The quantitative estimate of drug-likeness (QED) is 0.725. The SMILES string of the molecule is CCC(C)C(=O)NCC1(O)CCOCC1. The number of aliphatic hydroxyl groups is 1. The van der Waals surface area contributed by atoms with Gasteiger partial charge in [-0.15, -0.1) is 0 Å². The second-order valence-electron chi connectivity index (χ2n) is 4.36. The summed E-state index contributed by atoms with van der Waals surface area (Å²) in [6.07, 6.45) is 2.04. The highest BCUT2D eigenvalue weighted by molar-refractivity contribution is 5.78. The average Bonchev–Trinajstić information content (AvgIpc) is 2.26. The van der Waals surface area contributed by atoms with Gasteiger partial charge in [0.15, 0.2) is 0 Å². The molecule has 0 bridgehead atoms. The van der Waals surface area contributed by atoms with E-state index in [2.05, 4.69) is 5.32 Å². The van der Waals surface area contributed by atoms with Gasteiger partial charge in [-0.2, -0.15) is 0 Å². The molecule has 88 valence electrons. The maximum absolute atomic E-state index is 11.5. The molecule has 0 radical (unpaired) electrons. The number of carbonyl (C=O) groups is 1. The predicted octanol–water partition coefficient (Wildman–Crippen LogP) is 0.690. The van der Waals surface area contributed by atoms with Crippen molar-refractivity contribution in [3.63, 3.8) is 0 Å². The molecule has 1 unspecified atom stereocenters. The van der Waals surface area contributed by atoms with Gasteiger partial charge in [-0.25, -0.2) is 0 Å². The summed E-state index contributed by atoms with van der Waals surface area (Å²) in [7, 11) is 0. The van der Waals surface area contributed by atoms with E-state index in [4.69, 9.17) is 4.74 Å². The fraction of sp³-hybridized carbons (Fsp3) is 0.909. The van der Waals surface area contributed by atoms with Crippen LogP contribution in [0.3, 0.4) is 0 Å². The maximum atomic E-state index is 11.5. The molecule has 15 heavy (non-hydrogen) atoms. The molecule has 1 atom stereocenters. The minimum Gasteiger partial charge on any atom is -0.388 e. The van der Waals surface area contributed by atoms with Crippen LogP contribution in [0.4, 0.5) is 0 Å². The monoisotopic (exact) mass is 215 g/mol. The molecule has 1 fully saturated rings. The molecular weight excluding hydrogens is 194 g/mol. The van der Waals surface area contributed by atoms with Crippen LogP contribution in [0.25, 0.3) is 0 Å². The zero-order chi connectivity index (χ0) is 11.3. The molecule has 1 aliphatic rings. The Bertz CT molecular complexity index is 212. The van der Waals surface area contributed by atoms with E-state index in [1.807, 2.05) is 13.8 Å². The minimum absolute atomic E-state index is 0.0217. The predicted molar refractivity (Wildman–Crippen MR) is 57.5 cm³/mol. The number of hydrogen-bond acceptors (Lipinski definition) is 3. The Morgan fingerprint density at radius 2 is 2.13 bits per heavy atom. The number of amides is 1. The zero-order valence-electron chi connectivity index (χ0n) is 9.58. The summed E-state index contributed by atoms with van der Waals surface area (Å²) >= 11 is 0. The Balaban J connectivity index is 2.31. The molecule has 0 aliphatic carbocycles. The van der Waals surface area contributed by atoms with Gasteiger partial charge in [-0.3, -0.25) is 4.79 Å². The summed E-state index contributed by atoms with van der Waals surface area (Å²) in [6, 6.07) is 0. The van der Waals surface area contributed by atoms with Crippen molar-refractivity contribution in [2.24, 2.45) is 5.92 Å². The summed E-state index contributed by atoms with van der Waals surface area (Å²) in [5.74, 6) is 0.0471. The second kappa shape index (κ2) is 5.47. The highest BCUT2D eigenvalue weighted by Crippen LogP contribution is 2.19. The van der Waals surface area contributed by atoms with E-state index in [1.165, 1.54) is 0 Å². The molecular formula is C11H21NO3. The lowest BCUT2D eigenvalue weighted by molar-refractivity contribution is -0.127. The van der Waals surface area contributed by atoms with Crippen molar-refractivity contribution in [3.05, 3.63) is 0 Å². The van der Waals surface area contributed by atoms with Gasteiger partial charge < -0.3 is 15.2 Å². The first-order valence-electron chi connectivity index (χ1n) is 5.65. The van der Waals surface area contributed by atoms with Crippen LogP contribution in [0, 0.1) is 5.92 Å². The van der Waals surface area contributed by atoms with Crippen molar-refractivity contribution in [2.45, 2.75) is 38.7 Å². The highest BCUT2D eigenvalue weighted by atomic mass is 16.5. The Labute approximate surface area is 91.0 Å². The fourth-order valence-electron chi connectivity index (χ4n) is 1.54. The molecule has 2 N–H and O–H groups in total. The van der Waals surface area contributed by atoms with Gasteiger partial charge in [0, 0.05) is 38.5 Å². The van der Waals surface area contributed by atoms with Crippen LogP contribution in [-0.4, -0.2) is 36.4 Å². The molecule has 0 saturated carbocycles. The van der Waals surface area contributed by atoms with Gasteiger partial charge in [0.1, 0.15) is 0 Å². The van der Waals surface area contributed by atoms with Crippen LogP contribution in [-0.2, 0) is 9.53 Å². The minimum atomic E-state index is -0.763. The van der Waals surface area contributed by atoms with Crippen molar-refractivity contribution >= 4 is 5.91 Å². The highest BCUT2D eigenvalue weighted by Gasteiger charge is 2.30. The number of hydrogen-bond donors (Lipinski definition) is 2. The molecule has 4 heteroatoms. The smallest absolute Gasteiger partial charge is 0.222 e. The van der Waals surface area contributed by atoms with Gasteiger partial charge in [0.05, 0.1) is 5.60 Å². The normalized spacial score (nSPS) is 22.1. The van der Waals surface area contributed by atoms with Crippen LogP contribution in [0.5, 0.6) is 0 Å². The van der Waals surface area contributed by atoms with E-state index < -0.39 is 5.60 Å². The van der Waals surface area contributed by atoms with Gasteiger partial charge in [0.25, 0.3) is 0 Å². The van der Waals surface area contributed by atoms with Crippen molar-refractivity contribution in [1.82, 2.24) is 5.32 Å². The van der Waals surface area contributed by atoms with Gasteiger partial charge in [-0.1, -0.05) is 13.8 Å². The Kier molecular flexibility index (Phi) is 4.54. The van der Waals surface area contributed by atoms with Crippen LogP contribution in [0.1, 0.15) is 33.1 Å². The van der Waals surface area contributed by atoms with E-state index in [0.717, 1.165) is 6.42 Å².